The number of ketones is 1. The molecule has 0 aliphatic heterocycles. The van der Waals surface area contributed by atoms with Gasteiger partial charge in [-0.2, -0.15) is 26.3 Å². The highest BCUT2D eigenvalue weighted by Gasteiger charge is 2.43. The quantitative estimate of drug-likeness (QED) is 0.614. The summed E-state index contributed by atoms with van der Waals surface area (Å²) in [5.41, 5.74) is -3.14. The molecule has 0 aromatic heterocycles. The lowest BCUT2D eigenvalue weighted by Gasteiger charge is -2.14. The van der Waals surface area contributed by atoms with Crippen LogP contribution in [0.1, 0.15) is 15.9 Å². The molecule has 9 heteroatoms. The summed E-state index contributed by atoms with van der Waals surface area (Å²) in [6, 6.07) is 0.275. The van der Waals surface area contributed by atoms with Gasteiger partial charge in [0.1, 0.15) is 5.56 Å². The van der Waals surface area contributed by atoms with E-state index in [9.17, 15) is 35.5 Å². The molecule has 0 amide bonds. The summed E-state index contributed by atoms with van der Waals surface area (Å²) in [5, 5.41) is 0. The third-order valence-electron chi connectivity index (χ3n) is 2.11. The molecule has 0 radical (unpaired) electrons. The van der Waals surface area contributed by atoms with E-state index in [0.29, 0.717) is 7.11 Å². The maximum absolute atomic E-state index is 13.5. The minimum Gasteiger partial charge on any atom is -0.493 e. The SMILES string of the molecule is COc1c(C(F)(F)F)ccc(C(=O)C(F)(F)F)c1F. The molecule has 106 valence electrons. The molecule has 0 saturated carbocycles. The van der Waals surface area contributed by atoms with Crippen LogP contribution in [0.2, 0.25) is 0 Å². The third kappa shape index (κ3) is 2.96. The lowest BCUT2D eigenvalue weighted by atomic mass is 10.1. The number of Topliss-reactive ketones (excluding diaryl/α,β-unsaturated/α-hetero) is 1. The summed E-state index contributed by atoms with van der Waals surface area (Å²) in [6.45, 7) is 0. The largest absolute Gasteiger partial charge is 0.493 e. The highest BCUT2D eigenvalue weighted by Crippen LogP contribution is 2.39. The third-order valence-corrected chi connectivity index (χ3v) is 2.11. The van der Waals surface area contributed by atoms with E-state index in [-0.39, 0.29) is 12.1 Å². The molecule has 0 heterocycles. The Balaban J connectivity index is 3.47. The minimum absolute atomic E-state index is 0.122. The number of methoxy groups -OCH3 is 1. The second kappa shape index (κ2) is 4.71. The van der Waals surface area contributed by atoms with E-state index in [1.54, 1.807) is 0 Å². The summed E-state index contributed by atoms with van der Waals surface area (Å²) in [7, 11) is 0.648. The van der Waals surface area contributed by atoms with Gasteiger partial charge in [0.15, 0.2) is 11.6 Å². The van der Waals surface area contributed by atoms with Gasteiger partial charge in [-0.1, -0.05) is 0 Å². The highest BCUT2D eigenvalue weighted by molar-refractivity contribution is 6.01. The van der Waals surface area contributed by atoms with Crippen LogP contribution in [-0.2, 0) is 6.18 Å². The Morgan fingerprint density at radius 2 is 1.63 bits per heavy atom. The molecule has 0 atom stereocenters. The van der Waals surface area contributed by atoms with E-state index in [1.807, 2.05) is 0 Å². The number of alkyl halides is 6. The zero-order chi connectivity index (χ0) is 15.0. The normalized spacial score (nSPS) is 12.4. The molecule has 0 N–H and O–H groups in total. The Morgan fingerprint density at radius 1 is 1.11 bits per heavy atom. The first kappa shape index (κ1) is 15.3. The zero-order valence-corrected chi connectivity index (χ0v) is 9.12. The standard InChI is InChI=1S/C10H5F7O2/c1-19-7-5(9(12,13)14)3-2-4(6(7)11)8(18)10(15,16)17/h2-3H,1H3. The van der Waals surface area contributed by atoms with Crippen molar-refractivity contribution >= 4 is 5.78 Å². The second-order valence-corrected chi connectivity index (χ2v) is 3.33. The van der Waals surface area contributed by atoms with Crippen LogP contribution < -0.4 is 4.74 Å². The summed E-state index contributed by atoms with van der Waals surface area (Å²) in [6.07, 6.45) is -10.4. The minimum atomic E-state index is -5.40. The van der Waals surface area contributed by atoms with Crippen LogP contribution in [0.25, 0.3) is 0 Å². The Labute approximate surface area is 101 Å². The van der Waals surface area contributed by atoms with E-state index >= 15 is 0 Å². The summed E-state index contributed by atoms with van der Waals surface area (Å²) < 4.78 is 91.2. The van der Waals surface area contributed by atoms with Crippen LogP contribution in [0.3, 0.4) is 0 Å². The predicted octanol–water partition coefficient (Wildman–Crippen LogP) is 3.60. The van der Waals surface area contributed by atoms with E-state index < -0.39 is 40.8 Å². The average Bonchev–Trinajstić information content (AvgIpc) is 2.25. The lowest BCUT2D eigenvalue weighted by Crippen LogP contribution is -2.24. The van der Waals surface area contributed by atoms with E-state index in [1.165, 1.54) is 0 Å². The summed E-state index contributed by atoms with van der Waals surface area (Å²) in [4.78, 5) is 10.8. The van der Waals surface area contributed by atoms with Crippen molar-refractivity contribution < 1.29 is 40.3 Å². The Hall–Kier alpha value is -1.80. The maximum Gasteiger partial charge on any atom is 0.454 e. The maximum atomic E-state index is 13.5. The molecular formula is C10H5F7O2. The molecule has 1 aromatic carbocycles. The first-order valence-electron chi connectivity index (χ1n) is 4.55. The van der Waals surface area contributed by atoms with Crippen LogP contribution in [-0.4, -0.2) is 19.1 Å². The average molecular weight is 290 g/mol. The summed E-state index contributed by atoms with van der Waals surface area (Å²) in [5.74, 6) is -6.04. The zero-order valence-electron chi connectivity index (χ0n) is 9.12. The molecule has 0 fully saturated rings. The van der Waals surface area contributed by atoms with Gasteiger partial charge in [0, 0.05) is 0 Å². The van der Waals surface area contributed by atoms with Crippen LogP contribution in [0.4, 0.5) is 30.7 Å². The Bertz CT molecular complexity index is 502. The molecule has 2 nitrogen and oxygen atoms in total. The van der Waals surface area contributed by atoms with Crippen LogP contribution in [0, 0.1) is 5.82 Å². The Morgan fingerprint density at radius 3 is 2.00 bits per heavy atom. The summed E-state index contributed by atoms with van der Waals surface area (Å²) >= 11 is 0. The number of halogens is 7. The number of rotatable bonds is 2. The van der Waals surface area contributed by atoms with Crippen molar-refractivity contribution in [2.45, 2.75) is 12.4 Å². The first-order valence-corrected chi connectivity index (χ1v) is 4.55. The highest BCUT2D eigenvalue weighted by atomic mass is 19.4. The van der Waals surface area contributed by atoms with Crippen molar-refractivity contribution in [2.24, 2.45) is 0 Å². The van der Waals surface area contributed by atoms with Crippen LogP contribution >= 0.6 is 0 Å². The van der Waals surface area contributed by atoms with Crippen molar-refractivity contribution in [3.8, 4) is 5.75 Å². The van der Waals surface area contributed by atoms with Gasteiger partial charge in [-0.15, -0.1) is 0 Å². The molecule has 0 bridgehead atoms. The number of ether oxygens (including phenoxy) is 1. The van der Waals surface area contributed by atoms with Crippen molar-refractivity contribution in [3.05, 3.63) is 29.1 Å². The van der Waals surface area contributed by atoms with Crippen LogP contribution in [0.15, 0.2) is 12.1 Å². The van der Waals surface area contributed by atoms with Gasteiger partial charge >= 0.3 is 12.4 Å². The van der Waals surface area contributed by atoms with Gasteiger partial charge in [0.2, 0.25) is 0 Å². The fraction of sp³-hybridized carbons (Fsp3) is 0.300. The van der Waals surface area contributed by atoms with Crippen molar-refractivity contribution in [1.82, 2.24) is 0 Å². The van der Waals surface area contributed by atoms with Crippen molar-refractivity contribution in [2.75, 3.05) is 7.11 Å². The number of hydrogen-bond donors (Lipinski definition) is 0. The van der Waals surface area contributed by atoms with Gasteiger partial charge in [0.05, 0.1) is 12.7 Å². The molecule has 0 aliphatic carbocycles. The van der Waals surface area contributed by atoms with Gasteiger partial charge in [-0.25, -0.2) is 4.39 Å². The number of benzene rings is 1. The van der Waals surface area contributed by atoms with Crippen LogP contribution in [0.5, 0.6) is 5.75 Å². The fourth-order valence-electron chi connectivity index (χ4n) is 1.31. The van der Waals surface area contributed by atoms with E-state index in [0.717, 1.165) is 0 Å². The molecule has 0 aliphatic rings. The lowest BCUT2D eigenvalue weighted by molar-refractivity contribution is -0.139. The predicted molar refractivity (Wildman–Crippen MR) is 48.3 cm³/mol. The van der Waals surface area contributed by atoms with Gasteiger partial charge in [-0.3, -0.25) is 4.79 Å². The van der Waals surface area contributed by atoms with Gasteiger partial charge < -0.3 is 4.74 Å². The topological polar surface area (TPSA) is 26.3 Å². The second-order valence-electron chi connectivity index (χ2n) is 3.33. The first-order chi connectivity index (χ1) is 8.50. The molecule has 0 spiro atoms. The van der Waals surface area contributed by atoms with Gasteiger partial charge in [0.25, 0.3) is 5.78 Å². The van der Waals surface area contributed by atoms with Crippen molar-refractivity contribution in [3.63, 3.8) is 0 Å². The number of carbonyl (C=O) groups is 1. The molecule has 0 saturated heterocycles. The Kier molecular flexibility index (Phi) is 3.78. The van der Waals surface area contributed by atoms with Crippen molar-refractivity contribution in [1.29, 1.82) is 0 Å². The molecule has 1 rings (SSSR count). The molecule has 1 aromatic rings. The van der Waals surface area contributed by atoms with E-state index in [2.05, 4.69) is 4.74 Å². The monoisotopic (exact) mass is 290 g/mol. The molecular weight excluding hydrogens is 285 g/mol. The molecule has 19 heavy (non-hydrogen) atoms. The molecule has 0 unspecified atom stereocenters. The van der Waals surface area contributed by atoms with E-state index in [4.69, 9.17) is 0 Å². The number of carbonyl (C=O) groups excluding carboxylic acids is 1. The smallest absolute Gasteiger partial charge is 0.454 e. The van der Waals surface area contributed by atoms with Gasteiger partial charge in [-0.05, 0) is 12.1 Å². The fourth-order valence-corrected chi connectivity index (χ4v) is 1.31. The number of hydrogen-bond acceptors (Lipinski definition) is 2.